The first kappa shape index (κ1) is 13.4. The number of nitrogens with zero attached hydrogens (tertiary/aromatic N) is 2. The fourth-order valence-electron chi connectivity index (χ4n) is 1.79. The van der Waals surface area contributed by atoms with Crippen LogP contribution in [0.3, 0.4) is 0 Å². The van der Waals surface area contributed by atoms with E-state index < -0.39 is 0 Å². The first-order chi connectivity index (χ1) is 9.79. The Kier molecular flexibility index (Phi) is 4.18. The monoisotopic (exact) mass is 293 g/mol. The summed E-state index contributed by atoms with van der Waals surface area (Å²) in [6.45, 7) is 1.15. The Morgan fingerprint density at radius 2 is 1.95 bits per heavy atom. The molecule has 1 N–H and O–H groups in total. The van der Waals surface area contributed by atoms with E-state index in [9.17, 15) is 0 Å². The molecule has 1 aliphatic carbocycles. The molecule has 2 aromatic rings. The fraction of sp³-hybridized carbons (Fsp3) is 0.429. The number of nitrogens with one attached hydrogen (secondary N) is 1. The molecular weight excluding hydrogens is 278 g/mol. The molecule has 1 heterocycles. The molecular formula is C14H16ClN3O2. The Hall–Kier alpha value is -1.59. The lowest BCUT2D eigenvalue weighted by atomic mass is 10.3. The zero-order chi connectivity index (χ0) is 13.8. The van der Waals surface area contributed by atoms with Gasteiger partial charge in [0.05, 0.1) is 0 Å². The predicted octanol–water partition coefficient (Wildman–Crippen LogP) is 2.60. The summed E-state index contributed by atoms with van der Waals surface area (Å²) in [7, 11) is 0. The van der Waals surface area contributed by atoms with E-state index in [4.69, 9.17) is 20.8 Å². The normalized spacial score (nSPS) is 14.4. The summed E-state index contributed by atoms with van der Waals surface area (Å²) in [4.78, 5) is 0. The quantitative estimate of drug-likeness (QED) is 0.850. The van der Waals surface area contributed by atoms with Crippen molar-refractivity contribution in [2.24, 2.45) is 0 Å². The summed E-state index contributed by atoms with van der Waals surface area (Å²) in [5, 5.41) is 12.1. The molecule has 0 saturated heterocycles. The smallest absolute Gasteiger partial charge is 0.253 e. The number of rotatable bonds is 7. The summed E-state index contributed by atoms with van der Waals surface area (Å²) in [5.74, 6) is 1.86. The molecule has 1 saturated carbocycles. The van der Waals surface area contributed by atoms with Gasteiger partial charge in [-0.15, -0.1) is 10.2 Å². The van der Waals surface area contributed by atoms with Gasteiger partial charge in [-0.25, -0.2) is 0 Å². The van der Waals surface area contributed by atoms with Gasteiger partial charge < -0.3 is 14.5 Å². The highest BCUT2D eigenvalue weighted by atomic mass is 35.5. The third-order valence-corrected chi connectivity index (χ3v) is 3.29. The third-order valence-electron chi connectivity index (χ3n) is 3.03. The highest BCUT2D eigenvalue weighted by Crippen LogP contribution is 2.18. The number of ether oxygens (including phenoxy) is 1. The van der Waals surface area contributed by atoms with Gasteiger partial charge in [-0.1, -0.05) is 11.6 Å². The second-order valence-electron chi connectivity index (χ2n) is 4.81. The molecule has 20 heavy (non-hydrogen) atoms. The molecule has 0 spiro atoms. The Morgan fingerprint density at radius 3 is 2.70 bits per heavy atom. The molecule has 0 amide bonds. The molecule has 0 unspecified atom stereocenters. The van der Waals surface area contributed by atoms with Crippen molar-refractivity contribution in [1.82, 2.24) is 15.5 Å². The summed E-state index contributed by atoms with van der Waals surface area (Å²) >= 11 is 5.80. The largest absolute Gasteiger partial charge is 0.484 e. The number of hydrogen-bond donors (Lipinski definition) is 1. The van der Waals surface area contributed by atoms with Crippen LogP contribution in [0.25, 0.3) is 0 Å². The predicted molar refractivity (Wildman–Crippen MR) is 74.8 cm³/mol. The van der Waals surface area contributed by atoms with E-state index in [1.165, 1.54) is 12.8 Å². The summed E-state index contributed by atoms with van der Waals surface area (Å²) in [5.41, 5.74) is 0. The van der Waals surface area contributed by atoms with Gasteiger partial charge in [0.1, 0.15) is 5.75 Å². The minimum absolute atomic E-state index is 0.269. The Morgan fingerprint density at radius 1 is 1.20 bits per heavy atom. The number of halogens is 1. The van der Waals surface area contributed by atoms with Crippen molar-refractivity contribution >= 4 is 11.6 Å². The average molecular weight is 294 g/mol. The molecule has 1 aromatic heterocycles. The van der Waals surface area contributed by atoms with Crippen molar-refractivity contribution in [1.29, 1.82) is 0 Å². The van der Waals surface area contributed by atoms with Crippen LogP contribution in [-0.4, -0.2) is 22.8 Å². The zero-order valence-corrected chi connectivity index (χ0v) is 11.8. The van der Waals surface area contributed by atoms with Crippen LogP contribution in [0.1, 0.15) is 24.6 Å². The van der Waals surface area contributed by atoms with Crippen LogP contribution in [0.4, 0.5) is 0 Å². The lowest BCUT2D eigenvalue weighted by Crippen LogP contribution is -2.19. The van der Waals surface area contributed by atoms with E-state index in [1.807, 2.05) is 0 Å². The summed E-state index contributed by atoms with van der Waals surface area (Å²) in [6, 6.07) is 7.86. The first-order valence-corrected chi connectivity index (χ1v) is 7.10. The van der Waals surface area contributed by atoms with Gasteiger partial charge in [0.2, 0.25) is 5.89 Å². The maximum absolute atomic E-state index is 5.80. The van der Waals surface area contributed by atoms with Crippen molar-refractivity contribution < 1.29 is 9.15 Å². The minimum Gasteiger partial charge on any atom is -0.484 e. The van der Waals surface area contributed by atoms with Crippen molar-refractivity contribution in [2.75, 3.05) is 6.54 Å². The number of benzene rings is 1. The van der Waals surface area contributed by atoms with Crippen LogP contribution in [0.5, 0.6) is 5.75 Å². The minimum atomic E-state index is 0.269. The van der Waals surface area contributed by atoms with Gasteiger partial charge in [-0.2, -0.15) is 0 Å². The molecule has 3 rings (SSSR count). The van der Waals surface area contributed by atoms with Gasteiger partial charge in [-0.05, 0) is 37.1 Å². The van der Waals surface area contributed by atoms with Crippen LogP contribution in [0, 0.1) is 0 Å². The number of aromatic nitrogens is 2. The van der Waals surface area contributed by atoms with Crippen LogP contribution in [-0.2, 0) is 13.0 Å². The van der Waals surface area contributed by atoms with E-state index in [-0.39, 0.29) is 6.61 Å². The van der Waals surface area contributed by atoms with Crippen molar-refractivity contribution in [3.8, 4) is 5.75 Å². The molecule has 6 heteroatoms. The maximum atomic E-state index is 5.80. The van der Waals surface area contributed by atoms with E-state index in [1.54, 1.807) is 24.3 Å². The topological polar surface area (TPSA) is 60.2 Å². The average Bonchev–Trinajstić information content (AvgIpc) is 3.16. The van der Waals surface area contributed by atoms with E-state index in [0.29, 0.717) is 22.8 Å². The first-order valence-electron chi connectivity index (χ1n) is 6.72. The van der Waals surface area contributed by atoms with Crippen molar-refractivity contribution in [3.05, 3.63) is 41.1 Å². The summed E-state index contributed by atoms with van der Waals surface area (Å²) < 4.78 is 11.1. The molecule has 1 aromatic carbocycles. The van der Waals surface area contributed by atoms with Gasteiger partial charge in [-0.3, -0.25) is 0 Å². The highest BCUT2D eigenvalue weighted by molar-refractivity contribution is 6.30. The molecule has 0 aliphatic heterocycles. The fourth-order valence-corrected chi connectivity index (χ4v) is 1.92. The van der Waals surface area contributed by atoms with Crippen LogP contribution in [0.2, 0.25) is 5.02 Å². The standard InChI is InChI=1S/C14H16ClN3O2/c15-10-1-5-12(6-2-10)19-9-14-18-17-13(20-14)7-8-16-11-3-4-11/h1-2,5-6,11,16H,3-4,7-9H2. The second kappa shape index (κ2) is 6.24. The zero-order valence-electron chi connectivity index (χ0n) is 11.0. The lowest BCUT2D eigenvalue weighted by Gasteiger charge is -2.02. The highest BCUT2D eigenvalue weighted by Gasteiger charge is 2.20. The molecule has 1 fully saturated rings. The van der Waals surface area contributed by atoms with Crippen LogP contribution in [0.15, 0.2) is 28.7 Å². The molecule has 0 atom stereocenters. The van der Waals surface area contributed by atoms with E-state index in [2.05, 4.69) is 15.5 Å². The van der Waals surface area contributed by atoms with Gasteiger partial charge in [0, 0.05) is 24.0 Å². The molecule has 5 nitrogen and oxygen atoms in total. The van der Waals surface area contributed by atoms with E-state index >= 15 is 0 Å². The van der Waals surface area contributed by atoms with Crippen molar-refractivity contribution in [3.63, 3.8) is 0 Å². The molecule has 106 valence electrons. The maximum Gasteiger partial charge on any atom is 0.253 e. The van der Waals surface area contributed by atoms with E-state index in [0.717, 1.165) is 18.7 Å². The Labute approximate surface area is 122 Å². The van der Waals surface area contributed by atoms with Crippen molar-refractivity contribution in [2.45, 2.75) is 31.9 Å². The Balaban J connectivity index is 1.45. The van der Waals surface area contributed by atoms with Crippen LogP contribution >= 0.6 is 11.6 Å². The molecule has 0 radical (unpaired) electrons. The molecule has 0 bridgehead atoms. The third kappa shape index (κ3) is 3.95. The van der Waals surface area contributed by atoms with Gasteiger partial charge in [0.25, 0.3) is 5.89 Å². The Bertz CT molecular complexity index is 552. The number of hydrogen-bond acceptors (Lipinski definition) is 5. The van der Waals surface area contributed by atoms with Crippen LogP contribution < -0.4 is 10.1 Å². The lowest BCUT2D eigenvalue weighted by molar-refractivity contribution is 0.259. The van der Waals surface area contributed by atoms with Gasteiger partial charge >= 0.3 is 0 Å². The summed E-state index contributed by atoms with van der Waals surface area (Å²) in [6.07, 6.45) is 3.32. The second-order valence-corrected chi connectivity index (χ2v) is 5.25. The SMILES string of the molecule is Clc1ccc(OCc2nnc(CCNC3CC3)o2)cc1. The van der Waals surface area contributed by atoms with Gasteiger partial charge in [0.15, 0.2) is 6.61 Å². The molecule has 1 aliphatic rings.